The van der Waals surface area contributed by atoms with Crippen LogP contribution in [0.4, 0.5) is 5.88 Å². The van der Waals surface area contributed by atoms with Crippen molar-refractivity contribution >= 4 is 13.3 Å². The standard InChI is InChI=1S/C23H31N4O2P/c1-17-13-15-18(16-14-17)21(30(28,26(4)5)27(6)7)20-23(25(2)3)29-22(24-20)19-11-9-8-10-12-19/h8-16,21H,1-7H3. The summed E-state index contributed by atoms with van der Waals surface area (Å²) in [5.74, 6) is 1.14. The zero-order valence-electron chi connectivity index (χ0n) is 18.8. The van der Waals surface area contributed by atoms with Crippen LogP contribution in [-0.2, 0) is 4.57 Å². The molecule has 6 nitrogen and oxygen atoms in total. The van der Waals surface area contributed by atoms with E-state index in [1.807, 2.05) is 118 Å². The van der Waals surface area contributed by atoms with E-state index in [9.17, 15) is 4.57 Å². The van der Waals surface area contributed by atoms with Crippen molar-refractivity contribution in [2.45, 2.75) is 12.6 Å². The van der Waals surface area contributed by atoms with Gasteiger partial charge in [-0.15, -0.1) is 0 Å². The third-order valence-electron chi connectivity index (χ3n) is 5.20. The largest absolute Gasteiger partial charge is 0.420 e. The normalized spacial score (nSPS) is 13.1. The molecule has 7 heteroatoms. The van der Waals surface area contributed by atoms with E-state index in [4.69, 9.17) is 9.40 Å². The average molecular weight is 427 g/mol. The maximum absolute atomic E-state index is 14.5. The van der Waals surface area contributed by atoms with Crippen LogP contribution in [0.2, 0.25) is 0 Å². The zero-order chi connectivity index (χ0) is 22.1. The Morgan fingerprint density at radius 2 is 1.43 bits per heavy atom. The van der Waals surface area contributed by atoms with E-state index in [1.54, 1.807) is 0 Å². The fraction of sp³-hybridized carbons (Fsp3) is 0.348. The van der Waals surface area contributed by atoms with E-state index in [0.29, 0.717) is 17.5 Å². The SMILES string of the molecule is Cc1ccc(C(c2nc(-c3ccccc3)oc2N(C)C)P(=O)(N(C)C)N(C)C)cc1. The minimum absolute atomic E-state index is 0.471. The lowest BCUT2D eigenvalue weighted by Crippen LogP contribution is -2.27. The van der Waals surface area contributed by atoms with Crippen molar-refractivity contribution in [3.8, 4) is 11.5 Å². The molecular formula is C23H31N4O2P. The Labute approximate surface area is 179 Å². The number of hydrogen-bond acceptors (Lipinski definition) is 4. The zero-order valence-corrected chi connectivity index (χ0v) is 19.7. The van der Waals surface area contributed by atoms with Gasteiger partial charge in [-0.1, -0.05) is 48.0 Å². The van der Waals surface area contributed by atoms with Crippen LogP contribution in [0.5, 0.6) is 0 Å². The number of benzene rings is 2. The van der Waals surface area contributed by atoms with Gasteiger partial charge >= 0.3 is 0 Å². The van der Waals surface area contributed by atoms with Crippen LogP contribution in [0.15, 0.2) is 59.0 Å². The van der Waals surface area contributed by atoms with Gasteiger partial charge in [-0.05, 0) is 52.8 Å². The van der Waals surface area contributed by atoms with Gasteiger partial charge in [-0.25, -0.2) is 14.3 Å². The quantitative estimate of drug-likeness (QED) is 0.489. The first-order chi connectivity index (χ1) is 14.2. The van der Waals surface area contributed by atoms with E-state index in [2.05, 4.69) is 0 Å². The first-order valence-corrected chi connectivity index (χ1v) is 11.6. The molecule has 160 valence electrons. The second-order valence-electron chi connectivity index (χ2n) is 8.07. The summed E-state index contributed by atoms with van der Waals surface area (Å²) in [6, 6.07) is 18.0. The molecule has 30 heavy (non-hydrogen) atoms. The molecule has 1 heterocycles. The Morgan fingerprint density at radius 1 is 0.867 bits per heavy atom. The smallest absolute Gasteiger partial charge is 0.229 e. The van der Waals surface area contributed by atoms with Crippen LogP contribution >= 0.6 is 7.44 Å². The Bertz CT molecular complexity index is 1020. The van der Waals surface area contributed by atoms with Gasteiger partial charge in [-0.3, -0.25) is 4.57 Å². The minimum Gasteiger partial charge on any atom is -0.420 e. The van der Waals surface area contributed by atoms with Gasteiger partial charge in [0.05, 0.1) is 0 Å². The van der Waals surface area contributed by atoms with Gasteiger partial charge in [0.25, 0.3) is 0 Å². The molecule has 3 aromatic rings. The van der Waals surface area contributed by atoms with Gasteiger partial charge in [0.15, 0.2) is 0 Å². The first kappa shape index (κ1) is 22.3. The van der Waals surface area contributed by atoms with E-state index in [1.165, 1.54) is 0 Å². The molecule has 0 saturated carbocycles. The molecule has 1 aromatic heterocycles. The van der Waals surface area contributed by atoms with Gasteiger partial charge in [0, 0.05) is 19.7 Å². The summed E-state index contributed by atoms with van der Waals surface area (Å²) in [6.45, 7) is 2.05. The molecule has 0 radical (unpaired) electrons. The van der Waals surface area contributed by atoms with Gasteiger partial charge in [-0.2, -0.15) is 0 Å². The highest BCUT2D eigenvalue weighted by Gasteiger charge is 2.44. The van der Waals surface area contributed by atoms with Crippen molar-refractivity contribution in [3.63, 3.8) is 0 Å². The lowest BCUT2D eigenvalue weighted by atomic mass is 10.1. The van der Waals surface area contributed by atoms with Crippen molar-refractivity contribution in [3.05, 3.63) is 71.4 Å². The third kappa shape index (κ3) is 4.08. The van der Waals surface area contributed by atoms with Crippen molar-refractivity contribution < 1.29 is 8.98 Å². The van der Waals surface area contributed by atoms with Gasteiger partial charge < -0.3 is 9.32 Å². The fourth-order valence-corrected chi connectivity index (χ4v) is 6.29. The summed E-state index contributed by atoms with van der Waals surface area (Å²) in [7, 11) is 8.20. The lowest BCUT2D eigenvalue weighted by Gasteiger charge is -2.37. The van der Waals surface area contributed by atoms with E-state index < -0.39 is 13.1 Å². The highest BCUT2D eigenvalue weighted by atomic mass is 31.2. The topological polar surface area (TPSA) is 52.8 Å². The summed E-state index contributed by atoms with van der Waals surface area (Å²) in [6.07, 6.45) is 0. The Hall–Kier alpha value is -2.40. The molecule has 0 bridgehead atoms. The molecule has 1 atom stereocenters. The van der Waals surface area contributed by atoms with Crippen LogP contribution < -0.4 is 4.90 Å². The molecule has 1 unspecified atom stereocenters. The summed E-state index contributed by atoms with van der Waals surface area (Å²) in [5, 5.41) is 0. The predicted octanol–water partition coefficient (Wildman–Crippen LogP) is 5.12. The summed E-state index contributed by atoms with van der Waals surface area (Å²) in [4.78, 5) is 6.79. The Kier molecular flexibility index (Phi) is 6.51. The van der Waals surface area contributed by atoms with Gasteiger partial charge in [0.2, 0.25) is 19.2 Å². The molecule has 0 N–H and O–H groups in total. The number of rotatable bonds is 7. The van der Waals surface area contributed by atoms with E-state index >= 15 is 0 Å². The second kappa shape index (κ2) is 8.76. The maximum atomic E-state index is 14.5. The number of nitrogens with zero attached hydrogens (tertiary/aromatic N) is 4. The van der Waals surface area contributed by atoms with Crippen molar-refractivity contribution in [1.82, 2.24) is 14.3 Å². The van der Waals surface area contributed by atoms with Crippen LogP contribution in [0.3, 0.4) is 0 Å². The molecule has 3 rings (SSSR count). The molecule has 0 aliphatic heterocycles. The van der Waals surface area contributed by atoms with Crippen LogP contribution in [0, 0.1) is 6.92 Å². The van der Waals surface area contributed by atoms with Crippen LogP contribution in [0.1, 0.15) is 22.5 Å². The number of oxazole rings is 1. The molecule has 0 amide bonds. The number of aromatic nitrogens is 1. The average Bonchev–Trinajstić information content (AvgIpc) is 3.15. The molecule has 0 aliphatic carbocycles. The first-order valence-electron chi connectivity index (χ1n) is 9.91. The molecule has 0 aliphatic rings. The highest BCUT2D eigenvalue weighted by molar-refractivity contribution is 7.59. The summed E-state index contributed by atoms with van der Waals surface area (Å²) in [5.41, 5.74) is 3.19. The van der Waals surface area contributed by atoms with E-state index in [0.717, 1.165) is 16.7 Å². The lowest BCUT2D eigenvalue weighted by molar-refractivity contribution is 0.438. The van der Waals surface area contributed by atoms with E-state index in [-0.39, 0.29) is 0 Å². The van der Waals surface area contributed by atoms with Crippen molar-refractivity contribution in [2.75, 3.05) is 47.2 Å². The molecular weight excluding hydrogens is 395 g/mol. The number of aryl methyl sites for hydroxylation is 1. The van der Waals surface area contributed by atoms with Crippen molar-refractivity contribution in [2.24, 2.45) is 0 Å². The third-order valence-corrected chi connectivity index (χ3v) is 8.70. The predicted molar refractivity (Wildman–Crippen MR) is 124 cm³/mol. The monoisotopic (exact) mass is 426 g/mol. The molecule has 0 saturated heterocycles. The number of anilines is 1. The maximum Gasteiger partial charge on any atom is 0.229 e. The van der Waals surface area contributed by atoms with Crippen LogP contribution in [0.25, 0.3) is 11.5 Å². The summed E-state index contributed by atoms with van der Waals surface area (Å²) < 4.78 is 24.3. The number of hydrogen-bond donors (Lipinski definition) is 0. The Morgan fingerprint density at radius 3 is 1.93 bits per heavy atom. The van der Waals surface area contributed by atoms with Gasteiger partial charge in [0.1, 0.15) is 11.4 Å². The van der Waals surface area contributed by atoms with Crippen LogP contribution in [-0.4, -0.2) is 56.6 Å². The van der Waals surface area contributed by atoms with Crippen molar-refractivity contribution in [1.29, 1.82) is 0 Å². The summed E-state index contributed by atoms with van der Waals surface area (Å²) >= 11 is 0. The highest BCUT2D eigenvalue weighted by Crippen LogP contribution is 2.65. The second-order valence-corrected chi connectivity index (χ2v) is 11.4. The minimum atomic E-state index is -3.06. The Balaban J connectivity index is 2.30. The molecule has 0 spiro atoms. The molecule has 2 aromatic carbocycles. The molecule has 0 fully saturated rings. The fourth-order valence-electron chi connectivity index (χ4n) is 3.61.